The third kappa shape index (κ3) is 3.93. The van der Waals surface area contributed by atoms with Gasteiger partial charge in [-0.3, -0.25) is 4.79 Å². The summed E-state index contributed by atoms with van der Waals surface area (Å²) in [5.74, 6) is 0.933. The van der Waals surface area contributed by atoms with E-state index in [-0.39, 0.29) is 5.78 Å². The molecular weight excluding hydrogens is 384 g/mol. The molecule has 4 heteroatoms. The number of halogens is 2. The second-order valence-electron chi connectivity index (χ2n) is 4.44. The van der Waals surface area contributed by atoms with E-state index in [0.717, 1.165) is 25.8 Å². The number of hydrogen-bond acceptors (Lipinski definition) is 2. The normalized spacial score (nSPS) is 10.3. The van der Waals surface area contributed by atoms with Crippen molar-refractivity contribution >= 4 is 37.6 Å². The van der Waals surface area contributed by atoms with Gasteiger partial charge in [0.05, 0.1) is 7.11 Å². The molecule has 2 aromatic rings. The molecule has 0 aliphatic rings. The first kappa shape index (κ1) is 15.3. The van der Waals surface area contributed by atoms with Gasteiger partial charge in [-0.15, -0.1) is 0 Å². The van der Waals surface area contributed by atoms with E-state index in [9.17, 15) is 4.79 Å². The Bertz CT molecular complexity index is 624. The highest BCUT2D eigenvalue weighted by atomic mass is 79.9. The second-order valence-corrected chi connectivity index (χ2v) is 6.15. The van der Waals surface area contributed by atoms with Crippen molar-refractivity contribution < 1.29 is 9.53 Å². The molecule has 2 aromatic carbocycles. The molecule has 0 aliphatic heterocycles. The van der Waals surface area contributed by atoms with Gasteiger partial charge in [-0.2, -0.15) is 0 Å². The number of hydrogen-bond donors (Lipinski definition) is 0. The zero-order valence-corrected chi connectivity index (χ0v) is 14.2. The topological polar surface area (TPSA) is 26.3 Å². The van der Waals surface area contributed by atoms with E-state index in [1.54, 1.807) is 7.11 Å². The van der Waals surface area contributed by atoms with Gasteiger partial charge in [-0.1, -0.05) is 50.1 Å². The molecule has 2 rings (SSSR count). The highest BCUT2D eigenvalue weighted by Gasteiger charge is 2.10. The minimum Gasteiger partial charge on any atom is -0.497 e. The number of benzene rings is 2. The molecule has 0 atom stereocenters. The van der Waals surface area contributed by atoms with Gasteiger partial charge < -0.3 is 4.74 Å². The third-order valence-electron chi connectivity index (χ3n) is 2.99. The molecule has 104 valence electrons. The molecule has 0 fully saturated rings. The van der Waals surface area contributed by atoms with E-state index in [1.165, 1.54) is 0 Å². The number of Topliss-reactive ketones (excluding diaryl/α,β-unsaturated/α-hetero) is 1. The molecule has 0 N–H and O–H groups in total. The Kier molecular flexibility index (Phi) is 5.38. The van der Waals surface area contributed by atoms with Crippen molar-refractivity contribution in [2.75, 3.05) is 7.11 Å². The van der Waals surface area contributed by atoms with Gasteiger partial charge in [0.1, 0.15) is 11.5 Å². The fourth-order valence-corrected chi connectivity index (χ4v) is 2.75. The van der Waals surface area contributed by atoms with Crippen LogP contribution in [0, 0.1) is 0 Å². The maximum absolute atomic E-state index is 12.2. The van der Waals surface area contributed by atoms with Gasteiger partial charge in [0.25, 0.3) is 0 Å². The maximum Gasteiger partial charge on any atom is 0.141 e. The fraction of sp³-hybridized carbons (Fsp3) is 0.188. The highest BCUT2D eigenvalue weighted by Crippen LogP contribution is 2.24. The molecular formula is C16H14Br2O2. The molecule has 2 nitrogen and oxygen atoms in total. The molecule has 0 aromatic heterocycles. The van der Waals surface area contributed by atoms with Crippen LogP contribution in [0.15, 0.2) is 51.4 Å². The van der Waals surface area contributed by atoms with Gasteiger partial charge in [0.2, 0.25) is 0 Å². The zero-order chi connectivity index (χ0) is 14.5. The summed E-state index contributed by atoms with van der Waals surface area (Å²) in [5.41, 5.74) is 1.96. The minimum atomic E-state index is 0.172. The van der Waals surface area contributed by atoms with E-state index in [4.69, 9.17) is 4.74 Å². The lowest BCUT2D eigenvalue weighted by Crippen LogP contribution is -2.07. The highest BCUT2D eigenvalue weighted by molar-refractivity contribution is 9.10. The number of carbonyl (C=O) groups excluding carboxylic acids is 1. The standard InChI is InChI=1S/C16H14Br2O2/c1-20-14-6-7-16(18)12(10-14)9-13(19)8-11-4-2-3-5-15(11)17/h2-7,10H,8-9H2,1H3. The molecule has 0 amide bonds. The molecule has 0 radical (unpaired) electrons. The predicted octanol–water partition coefficient (Wildman–Crippen LogP) is 4.57. The second kappa shape index (κ2) is 7.04. The van der Waals surface area contributed by atoms with Crippen LogP contribution in [0.2, 0.25) is 0 Å². The first-order valence-corrected chi connectivity index (χ1v) is 7.76. The Hall–Kier alpha value is -1.13. The SMILES string of the molecule is COc1ccc(Br)c(CC(=O)Cc2ccccc2Br)c1. The Morgan fingerprint density at radius 2 is 1.65 bits per heavy atom. The van der Waals surface area contributed by atoms with Gasteiger partial charge in [-0.05, 0) is 35.4 Å². The summed E-state index contributed by atoms with van der Waals surface area (Å²) >= 11 is 6.94. The summed E-state index contributed by atoms with van der Waals surface area (Å²) in [6.45, 7) is 0. The lowest BCUT2D eigenvalue weighted by molar-refractivity contribution is -0.117. The predicted molar refractivity (Wildman–Crippen MR) is 87.3 cm³/mol. The summed E-state index contributed by atoms with van der Waals surface area (Å²) in [7, 11) is 1.62. The lowest BCUT2D eigenvalue weighted by Gasteiger charge is -2.08. The van der Waals surface area contributed by atoms with Crippen LogP contribution in [0.4, 0.5) is 0 Å². The largest absolute Gasteiger partial charge is 0.497 e. The average Bonchev–Trinajstić information content (AvgIpc) is 2.44. The van der Waals surface area contributed by atoms with Gasteiger partial charge >= 0.3 is 0 Å². The average molecular weight is 398 g/mol. The Labute approximate surface area is 135 Å². The molecule has 0 saturated carbocycles. The summed E-state index contributed by atoms with van der Waals surface area (Å²) < 4.78 is 7.09. The van der Waals surface area contributed by atoms with Crippen molar-refractivity contribution in [1.82, 2.24) is 0 Å². The van der Waals surface area contributed by atoms with Crippen LogP contribution < -0.4 is 4.74 Å². The molecule has 0 spiro atoms. The van der Waals surface area contributed by atoms with Crippen LogP contribution >= 0.6 is 31.9 Å². The molecule has 0 aliphatic carbocycles. The number of rotatable bonds is 5. The Morgan fingerprint density at radius 3 is 2.35 bits per heavy atom. The fourth-order valence-electron chi connectivity index (χ4n) is 1.94. The lowest BCUT2D eigenvalue weighted by atomic mass is 10.0. The van der Waals surface area contributed by atoms with Gasteiger partial charge in [0, 0.05) is 21.8 Å². The summed E-state index contributed by atoms with van der Waals surface area (Å²) in [4.78, 5) is 12.2. The quantitative estimate of drug-likeness (QED) is 0.738. The Morgan fingerprint density at radius 1 is 1.00 bits per heavy atom. The van der Waals surface area contributed by atoms with E-state index >= 15 is 0 Å². The monoisotopic (exact) mass is 396 g/mol. The van der Waals surface area contributed by atoms with Crippen molar-refractivity contribution in [1.29, 1.82) is 0 Å². The van der Waals surface area contributed by atoms with Crippen LogP contribution in [-0.4, -0.2) is 12.9 Å². The number of ether oxygens (including phenoxy) is 1. The van der Waals surface area contributed by atoms with E-state index in [2.05, 4.69) is 31.9 Å². The third-order valence-corrected chi connectivity index (χ3v) is 4.53. The van der Waals surface area contributed by atoms with E-state index in [1.807, 2.05) is 42.5 Å². The first-order chi connectivity index (χ1) is 9.60. The minimum absolute atomic E-state index is 0.172. The van der Waals surface area contributed by atoms with Crippen LogP contribution in [0.1, 0.15) is 11.1 Å². The van der Waals surface area contributed by atoms with Crippen molar-refractivity contribution in [2.45, 2.75) is 12.8 Å². The van der Waals surface area contributed by atoms with Crippen LogP contribution in [0.25, 0.3) is 0 Å². The van der Waals surface area contributed by atoms with Crippen molar-refractivity contribution in [3.05, 3.63) is 62.5 Å². The molecule has 0 heterocycles. The Balaban J connectivity index is 2.10. The number of ketones is 1. The molecule has 0 saturated heterocycles. The van der Waals surface area contributed by atoms with Crippen molar-refractivity contribution in [3.8, 4) is 5.75 Å². The van der Waals surface area contributed by atoms with Crippen molar-refractivity contribution in [3.63, 3.8) is 0 Å². The summed E-state index contributed by atoms with van der Waals surface area (Å²) in [5, 5.41) is 0. The van der Waals surface area contributed by atoms with Crippen LogP contribution in [0.5, 0.6) is 5.75 Å². The molecule has 0 bridgehead atoms. The molecule has 20 heavy (non-hydrogen) atoms. The number of methoxy groups -OCH3 is 1. The number of carbonyl (C=O) groups is 1. The summed E-state index contributed by atoms with van der Waals surface area (Å²) in [6, 6.07) is 13.5. The van der Waals surface area contributed by atoms with Crippen LogP contribution in [0.3, 0.4) is 0 Å². The summed E-state index contributed by atoms with van der Waals surface area (Å²) in [6.07, 6.45) is 0.810. The van der Waals surface area contributed by atoms with Gasteiger partial charge in [-0.25, -0.2) is 0 Å². The van der Waals surface area contributed by atoms with Crippen LogP contribution in [-0.2, 0) is 17.6 Å². The van der Waals surface area contributed by atoms with Gasteiger partial charge in [0.15, 0.2) is 0 Å². The van der Waals surface area contributed by atoms with E-state index in [0.29, 0.717) is 12.8 Å². The van der Waals surface area contributed by atoms with E-state index < -0.39 is 0 Å². The maximum atomic E-state index is 12.2. The van der Waals surface area contributed by atoms with Crippen molar-refractivity contribution in [2.24, 2.45) is 0 Å². The smallest absolute Gasteiger partial charge is 0.141 e. The zero-order valence-electron chi connectivity index (χ0n) is 11.0. The molecule has 0 unspecified atom stereocenters. The first-order valence-electron chi connectivity index (χ1n) is 6.17.